The lowest BCUT2D eigenvalue weighted by atomic mass is 9.95. The fourth-order valence-corrected chi connectivity index (χ4v) is 3.16. The maximum absolute atomic E-state index is 10.4. The van der Waals surface area contributed by atoms with Crippen LogP contribution in [0.4, 0.5) is 5.95 Å². The summed E-state index contributed by atoms with van der Waals surface area (Å²) in [6, 6.07) is 7.15. The average Bonchev–Trinajstić information content (AvgIpc) is 2.62. The Labute approximate surface area is 166 Å². The van der Waals surface area contributed by atoms with Gasteiger partial charge in [0.1, 0.15) is 18.1 Å². The van der Waals surface area contributed by atoms with Gasteiger partial charge in [0.2, 0.25) is 5.95 Å². The van der Waals surface area contributed by atoms with Crippen LogP contribution in [0.1, 0.15) is 24.5 Å². The Morgan fingerprint density at radius 2 is 2.15 bits per heavy atom. The Balaban J connectivity index is 0.00000261. The molecule has 1 fully saturated rings. The van der Waals surface area contributed by atoms with Crippen molar-refractivity contribution in [3.8, 4) is 22.8 Å². The van der Waals surface area contributed by atoms with Crippen molar-refractivity contribution in [1.29, 1.82) is 0 Å². The zero-order valence-electron chi connectivity index (χ0n) is 15.8. The van der Waals surface area contributed by atoms with E-state index in [1.165, 1.54) is 0 Å². The minimum absolute atomic E-state index is 0. The molecule has 0 bridgehead atoms. The van der Waals surface area contributed by atoms with Crippen LogP contribution < -0.4 is 15.8 Å². The van der Waals surface area contributed by atoms with Crippen LogP contribution >= 0.6 is 12.4 Å². The van der Waals surface area contributed by atoms with Gasteiger partial charge in [0.05, 0.1) is 17.0 Å². The van der Waals surface area contributed by atoms with E-state index in [1.54, 1.807) is 12.1 Å². The molecular formula is C19H28ClN5O2. The van der Waals surface area contributed by atoms with Crippen LogP contribution in [0.2, 0.25) is 0 Å². The van der Waals surface area contributed by atoms with Crippen molar-refractivity contribution in [3.63, 3.8) is 0 Å². The monoisotopic (exact) mass is 393 g/mol. The van der Waals surface area contributed by atoms with Gasteiger partial charge in [-0.1, -0.05) is 6.07 Å². The number of aromatic nitrogens is 2. The molecule has 1 aliphatic rings. The molecule has 8 heteroatoms. The predicted octanol–water partition coefficient (Wildman–Crippen LogP) is 2.26. The third-order valence-corrected chi connectivity index (χ3v) is 4.53. The number of aromatic hydroxyl groups is 1. The van der Waals surface area contributed by atoms with Crippen LogP contribution in [0.3, 0.4) is 0 Å². The molecule has 4 N–H and O–H groups in total. The molecule has 0 amide bonds. The Morgan fingerprint density at radius 1 is 1.33 bits per heavy atom. The lowest BCUT2D eigenvalue weighted by Crippen LogP contribution is -2.29. The summed E-state index contributed by atoms with van der Waals surface area (Å²) in [6.07, 6.45) is 2.18. The van der Waals surface area contributed by atoms with E-state index in [0.29, 0.717) is 29.5 Å². The standard InChI is InChI=1S/C19H27N5O2.ClH/c1-24(2)9-10-26-17-7-3-6-16(25)18(17)15-11-14(22-19(20)23-15)13-5-4-8-21-12-13;/h3,6-7,11,13,21,25H,4-5,8-10,12H2,1-2H3,(H2,20,22,23);1H. The molecule has 27 heavy (non-hydrogen) atoms. The SMILES string of the molecule is CN(C)CCOc1cccc(O)c1-c1cc(C2CCCNC2)nc(N)n1.Cl. The lowest BCUT2D eigenvalue weighted by molar-refractivity contribution is 0.261. The van der Waals surface area contributed by atoms with Gasteiger partial charge in [-0.2, -0.15) is 0 Å². The van der Waals surface area contributed by atoms with Gasteiger partial charge < -0.3 is 25.8 Å². The highest BCUT2D eigenvalue weighted by Gasteiger charge is 2.20. The van der Waals surface area contributed by atoms with Crippen molar-refractivity contribution < 1.29 is 9.84 Å². The number of halogens is 1. The number of rotatable bonds is 6. The third kappa shape index (κ3) is 5.45. The number of nitrogens with two attached hydrogens (primary N) is 1. The van der Waals surface area contributed by atoms with E-state index >= 15 is 0 Å². The maximum Gasteiger partial charge on any atom is 0.220 e. The Hall–Kier alpha value is -2.09. The first-order valence-electron chi connectivity index (χ1n) is 8.99. The number of phenolic OH excluding ortho intramolecular Hbond substituents is 1. The zero-order valence-corrected chi connectivity index (χ0v) is 16.6. The molecule has 0 radical (unpaired) electrons. The van der Waals surface area contributed by atoms with Gasteiger partial charge in [0.15, 0.2) is 0 Å². The maximum atomic E-state index is 10.4. The minimum Gasteiger partial charge on any atom is -0.507 e. The highest BCUT2D eigenvalue weighted by molar-refractivity contribution is 5.85. The highest BCUT2D eigenvalue weighted by atomic mass is 35.5. The van der Waals surface area contributed by atoms with Crippen LogP contribution in [0, 0.1) is 0 Å². The molecule has 1 saturated heterocycles. The van der Waals surface area contributed by atoms with Crippen molar-refractivity contribution in [3.05, 3.63) is 30.0 Å². The summed E-state index contributed by atoms with van der Waals surface area (Å²) in [5.41, 5.74) is 8.03. The molecule has 148 valence electrons. The normalized spacial score (nSPS) is 16.8. The number of anilines is 1. The van der Waals surface area contributed by atoms with Crippen molar-refractivity contribution >= 4 is 18.4 Å². The molecule has 0 saturated carbocycles. The molecule has 1 aromatic carbocycles. The molecule has 3 rings (SSSR count). The largest absolute Gasteiger partial charge is 0.507 e. The summed E-state index contributed by atoms with van der Waals surface area (Å²) in [7, 11) is 3.98. The van der Waals surface area contributed by atoms with Crippen LogP contribution in [-0.2, 0) is 0 Å². The van der Waals surface area contributed by atoms with E-state index < -0.39 is 0 Å². The molecule has 0 aliphatic carbocycles. The number of likely N-dealkylation sites (N-methyl/N-ethyl adjacent to an activating group) is 1. The zero-order chi connectivity index (χ0) is 18.5. The summed E-state index contributed by atoms with van der Waals surface area (Å²) in [5.74, 6) is 1.23. The van der Waals surface area contributed by atoms with Gasteiger partial charge in [0, 0.05) is 19.0 Å². The summed E-state index contributed by atoms with van der Waals surface area (Å²) in [4.78, 5) is 10.8. The Kier molecular flexibility index (Phi) is 7.65. The number of nitrogen functional groups attached to an aromatic ring is 1. The quantitative estimate of drug-likeness (QED) is 0.692. The van der Waals surface area contributed by atoms with Gasteiger partial charge in [-0.25, -0.2) is 9.97 Å². The predicted molar refractivity (Wildman–Crippen MR) is 110 cm³/mol. The van der Waals surface area contributed by atoms with Crippen LogP contribution in [0.5, 0.6) is 11.5 Å². The molecule has 0 spiro atoms. The first kappa shape index (κ1) is 21.2. The smallest absolute Gasteiger partial charge is 0.220 e. The van der Waals surface area contributed by atoms with Crippen LogP contribution in [-0.4, -0.2) is 60.3 Å². The second-order valence-corrected chi connectivity index (χ2v) is 6.88. The minimum atomic E-state index is 0. The highest BCUT2D eigenvalue weighted by Crippen LogP contribution is 2.38. The fourth-order valence-electron chi connectivity index (χ4n) is 3.16. The third-order valence-electron chi connectivity index (χ3n) is 4.53. The Morgan fingerprint density at radius 3 is 2.85 bits per heavy atom. The topological polar surface area (TPSA) is 96.5 Å². The molecule has 2 aromatic rings. The molecule has 1 aliphatic heterocycles. The van der Waals surface area contributed by atoms with E-state index in [9.17, 15) is 5.11 Å². The van der Waals surface area contributed by atoms with Gasteiger partial charge in [-0.15, -0.1) is 12.4 Å². The van der Waals surface area contributed by atoms with Crippen molar-refractivity contribution in [1.82, 2.24) is 20.2 Å². The number of hydrogen-bond donors (Lipinski definition) is 3. The van der Waals surface area contributed by atoms with Crippen molar-refractivity contribution in [2.45, 2.75) is 18.8 Å². The molecule has 1 unspecified atom stereocenters. The lowest BCUT2D eigenvalue weighted by Gasteiger charge is -2.23. The van der Waals surface area contributed by atoms with Crippen molar-refractivity contribution in [2.24, 2.45) is 0 Å². The summed E-state index contributed by atoms with van der Waals surface area (Å²) in [5, 5.41) is 13.8. The Bertz CT molecular complexity index is 751. The second-order valence-electron chi connectivity index (χ2n) is 6.88. The molecule has 2 heterocycles. The van der Waals surface area contributed by atoms with E-state index in [-0.39, 0.29) is 24.1 Å². The summed E-state index contributed by atoms with van der Waals surface area (Å²) in [6.45, 7) is 3.21. The van der Waals surface area contributed by atoms with E-state index in [0.717, 1.165) is 38.2 Å². The molecular weight excluding hydrogens is 366 g/mol. The van der Waals surface area contributed by atoms with Gasteiger partial charge >= 0.3 is 0 Å². The first-order chi connectivity index (χ1) is 12.5. The number of hydrogen-bond acceptors (Lipinski definition) is 7. The number of phenols is 1. The number of nitrogens with one attached hydrogen (secondary N) is 1. The van der Waals surface area contributed by atoms with E-state index in [2.05, 4.69) is 15.3 Å². The number of benzene rings is 1. The first-order valence-corrected chi connectivity index (χ1v) is 8.99. The second kappa shape index (κ2) is 9.73. The number of piperidine rings is 1. The molecule has 1 atom stereocenters. The number of nitrogens with zero attached hydrogens (tertiary/aromatic N) is 3. The fraction of sp³-hybridized carbons (Fsp3) is 0.474. The summed E-state index contributed by atoms with van der Waals surface area (Å²) >= 11 is 0. The molecule has 1 aromatic heterocycles. The van der Waals surface area contributed by atoms with Gasteiger partial charge in [-0.3, -0.25) is 0 Å². The van der Waals surface area contributed by atoms with Crippen LogP contribution in [0.25, 0.3) is 11.3 Å². The number of ether oxygens (including phenoxy) is 1. The van der Waals surface area contributed by atoms with E-state index in [4.69, 9.17) is 10.5 Å². The average molecular weight is 394 g/mol. The van der Waals surface area contributed by atoms with E-state index in [1.807, 2.05) is 31.1 Å². The van der Waals surface area contributed by atoms with Gasteiger partial charge in [-0.05, 0) is 51.7 Å². The van der Waals surface area contributed by atoms with Crippen molar-refractivity contribution in [2.75, 3.05) is 46.1 Å². The molecule has 7 nitrogen and oxygen atoms in total. The van der Waals surface area contributed by atoms with Crippen LogP contribution in [0.15, 0.2) is 24.3 Å². The summed E-state index contributed by atoms with van der Waals surface area (Å²) < 4.78 is 5.89. The van der Waals surface area contributed by atoms with Gasteiger partial charge in [0.25, 0.3) is 0 Å².